The lowest BCUT2D eigenvalue weighted by atomic mass is 9.83. The summed E-state index contributed by atoms with van der Waals surface area (Å²) in [6.45, 7) is 3.93. The zero-order chi connectivity index (χ0) is 18.2. The molecule has 2 aliphatic rings. The molecule has 138 valence electrons. The van der Waals surface area contributed by atoms with Crippen LogP contribution in [0, 0.1) is 5.92 Å². The van der Waals surface area contributed by atoms with Crippen molar-refractivity contribution < 1.29 is 4.79 Å². The Hall–Kier alpha value is -0.750. The SMILES string of the molecule is CCCC(=O)N[C@@H](N1C[C@@H]2C[C@@H](C1)c1cccc(=O)n1C2)C(Cl)(Cl)Cl. The second-order valence-corrected chi connectivity index (χ2v) is 9.28. The highest BCUT2D eigenvalue weighted by Gasteiger charge is 2.44. The molecular weight excluding hydrogens is 385 g/mol. The Labute approximate surface area is 162 Å². The maximum atomic E-state index is 12.1. The van der Waals surface area contributed by atoms with Crippen LogP contribution in [0.1, 0.15) is 37.8 Å². The number of carbonyl (C=O) groups excluding carboxylic acids is 1. The second-order valence-electron chi connectivity index (χ2n) is 6.91. The molecule has 1 aromatic heterocycles. The maximum Gasteiger partial charge on any atom is 0.250 e. The minimum atomic E-state index is -1.62. The van der Waals surface area contributed by atoms with E-state index in [0.717, 1.165) is 18.5 Å². The zero-order valence-corrected chi connectivity index (χ0v) is 16.3. The molecule has 3 rings (SSSR count). The number of fused-ring (bicyclic) bond motifs is 4. The van der Waals surface area contributed by atoms with E-state index in [-0.39, 0.29) is 17.4 Å². The van der Waals surface area contributed by atoms with Crippen LogP contribution in [0.5, 0.6) is 0 Å². The topological polar surface area (TPSA) is 54.3 Å². The van der Waals surface area contributed by atoms with Gasteiger partial charge in [0.25, 0.3) is 5.56 Å². The van der Waals surface area contributed by atoms with Crippen LogP contribution in [0.25, 0.3) is 0 Å². The summed E-state index contributed by atoms with van der Waals surface area (Å²) in [5, 5.41) is 2.87. The number of nitrogens with one attached hydrogen (secondary N) is 1. The highest BCUT2D eigenvalue weighted by Crippen LogP contribution is 2.39. The van der Waals surface area contributed by atoms with E-state index in [2.05, 4.69) is 5.32 Å². The molecule has 0 spiro atoms. The number of alkyl halides is 3. The van der Waals surface area contributed by atoms with E-state index in [0.29, 0.717) is 32.0 Å². The van der Waals surface area contributed by atoms with Gasteiger partial charge in [0.2, 0.25) is 9.70 Å². The van der Waals surface area contributed by atoms with Crippen molar-refractivity contribution in [3.8, 4) is 0 Å². The number of carbonyl (C=O) groups is 1. The third-order valence-corrected chi connectivity index (χ3v) is 5.58. The average Bonchev–Trinajstić information content (AvgIpc) is 2.53. The molecule has 2 bridgehead atoms. The first kappa shape index (κ1) is 19.0. The molecule has 1 fully saturated rings. The lowest BCUT2D eigenvalue weighted by Gasteiger charge is -2.47. The van der Waals surface area contributed by atoms with Gasteiger partial charge in [-0.15, -0.1) is 0 Å². The number of halogens is 3. The van der Waals surface area contributed by atoms with E-state index in [4.69, 9.17) is 34.8 Å². The summed E-state index contributed by atoms with van der Waals surface area (Å²) in [5.74, 6) is 0.370. The van der Waals surface area contributed by atoms with Gasteiger partial charge in [-0.25, -0.2) is 0 Å². The number of rotatable bonds is 4. The molecule has 1 N–H and O–H groups in total. The van der Waals surface area contributed by atoms with E-state index in [1.807, 2.05) is 22.5 Å². The van der Waals surface area contributed by atoms with Gasteiger partial charge in [-0.3, -0.25) is 14.5 Å². The molecular formula is C17H22Cl3N3O2. The molecule has 0 unspecified atom stereocenters. The summed E-state index contributed by atoms with van der Waals surface area (Å²) in [4.78, 5) is 26.2. The number of pyridine rings is 1. The van der Waals surface area contributed by atoms with Crippen LogP contribution >= 0.6 is 34.8 Å². The van der Waals surface area contributed by atoms with Crippen LogP contribution in [0.15, 0.2) is 23.0 Å². The smallest absolute Gasteiger partial charge is 0.250 e. The van der Waals surface area contributed by atoms with Gasteiger partial charge in [0.05, 0.1) is 0 Å². The molecule has 3 heterocycles. The molecule has 0 aliphatic carbocycles. The van der Waals surface area contributed by atoms with E-state index >= 15 is 0 Å². The summed E-state index contributed by atoms with van der Waals surface area (Å²) in [7, 11) is 0. The summed E-state index contributed by atoms with van der Waals surface area (Å²) >= 11 is 18.5. The molecule has 5 nitrogen and oxygen atoms in total. The van der Waals surface area contributed by atoms with Crippen LogP contribution in [0.2, 0.25) is 0 Å². The van der Waals surface area contributed by atoms with Gasteiger partial charge in [-0.05, 0) is 24.8 Å². The Morgan fingerprint density at radius 3 is 2.76 bits per heavy atom. The second kappa shape index (κ2) is 7.47. The van der Waals surface area contributed by atoms with Gasteiger partial charge in [-0.2, -0.15) is 0 Å². The molecule has 3 atom stereocenters. The van der Waals surface area contributed by atoms with Gasteiger partial charge in [-0.1, -0.05) is 47.8 Å². The first-order valence-corrected chi connectivity index (χ1v) is 9.73. The third-order valence-electron chi connectivity index (χ3n) is 4.96. The van der Waals surface area contributed by atoms with Crippen molar-refractivity contribution in [2.45, 2.75) is 48.6 Å². The van der Waals surface area contributed by atoms with Gasteiger partial charge in [0.1, 0.15) is 6.17 Å². The van der Waals surface area contributed by atoms with Crippen LogP contribution in [-0.4, -0.2) is 38.4 Å². The highest BCUT2D eigenvalue weighted by molar-refractivity contribution is 6.68. The van der Waals surface area contributed by atoms with E-state index < -0.39 is 9.96 Å². The average molecular weight is 407 g/mol. The van der Waals surface area contributed by atoms with E-state index in [9.17, 15) is 9.59 Å². The van der Waals surface area contributed by atoms with Gasteiger partial charge in [0.15, 0.2) is 0 Å². The predicted molar refractivity (Wildman–Crippen MR) is 100 cm³/mol. The van der Waals surface area contributed by atoms with Crippen LogP contribution in [0.3, 0.4) is 0 Å². The third kappa shape index (κ3) is 4.16. The van der Waals surface area contributed by atoms with Crippen molar-refractivity contribution in [2.75, 3.05) is 13.1 Å². The van der Waals surface area contributed by atoms with Crippen molar-refractivity contribution in [3.05, 3.63) is 34.2 Å². The van der Waals surface area contributed by atoms with Crippen molar-refractivity contribution >= 4 is 40.7 Å². The molecule has 0 radical (unpaired) electrons. The quantitative estimate of drug-likeness (QED) is 0.782. The summed E-state index contributed by atoms with van der Waals surface area (Å²) < 4.78 is 0.238. The fraction of sp³-hybridized carbons (Fsp3) is 0.647. The molecule has 1 saturated heterocycles. The Bertz CT molecular complexity index is 701. The first-order chi connectivity index (χ1) is 11.8. The number of piperidine rings is 1. The van der Waals surface area contributed by atoms with Gasteiger partial charge < -0.3 is 9.88 Å². The number of nitrogens with zero attached hydrogens (tertiary/aromatic N) is 2. The minimum absolute atomic E-state index is 0.0369. The normalized spacial score (nSPS) is 24.5. The van der Waals surface area contributed by atoms with E-state index in [1.165, 1.54) is 0 Å². The molecule has 0 saturated carbocycles. The summed E-state index contributed by atoms with van der Waals surface area (Å²) in [6, 6.07) is 5.38. The van der Waals surface area contributed by atoms with Gasteiger partial charge in [0, 0.05) is 43.7 Å². The Morgan fingerprint density at radius 2 is 2.08 bits per heavy atom. The molecule has 1 amide bonds. The number of likely N-dealkylation sites (tertiary alicyclic amines) is 1. The lowest BCUT2D eigenvalue weighted by molar-refractivity contribution is -0.123. The van der Waals surface area contributed by atoms with Crippen molar-refractivity contribution in [2.24, 2.45) is 5.92 Å². The largest absolute Gasteiger partial charge is 0.337 e. The standard InChI is InChI=1S/C17H22Cl3N3O2/c1-2-4-14(24)21-16(17(18,19)20)22-8-11-7-12(10-22)13-5-3-6-15(25)23(13)9-11/h3,5-6,11-12,16H,2,4,7-10H2,1H3,(H,21,24)/t11-,12-,16-/m0/s1. The highest BCUT2D eigenvalue weighted by atomic mass is 35.6. The molecule has 8 heteroatoms. The predicted octanol–water partition coefficient (Wildman–Crippen LogP) is 2.88. The lowest BCUT2D eigenvalue weighted by Crippen LogP contribution is -2.60. The van der Waals surface area contributed by atoms with Crippen LogP contribution < -0.4 is 10.9 Å². The van der Waals surface area contributed by atoms with Crippen LogP contribution in [0.4, 0.5) is 0 Å². The van der Waals surface area contributed by atoms with Gasteiger partial charge >= 0.3 is 0 Å². The molecule has 25 heavy (non-hydrogen) atoms. The fourth-order valence-electron chi connectivity index (χ4n) is 3.98. The summed E-state index contributed by atoms with van der Waals surface area (Å²) in [5.41, 5.74) is 1.06. The Morgan fingerprint density at radius 1 is 1.32 bits per heavy atom. The number of amides is 1. The zero-order valence-electron chi connectivity index (χ0n) is 14.1. The Kier molecular flexibility index (Phi) is 5.69. The first-order valence-electron chi connectivity index (χ1n) is 8.59. The number of hydrogen-bond donors (Lipinski definition) is 1. The number of hydrogen-bond acceptors (Lipinski definition) is 3. The van der Waals surface area contributed by atoms with E-state index in [1.54, 1.807) is 12.1 Å². The fourth-order valence-corrected chi connectivity index (χ4v) is 4.55. The van der Waals surface area contributed by atoms with Crippen LogP contribution in [-0.2, 0) is 11.3 Å². The monoisotopic (exact) mass is 405 g/mol. The maximum absolute atomic E-state index is 12.1. The Balaban J connectivity index is 1.84. The molecule has 1 aromatic rings. The molecule has 0 aromatic carbocycles. The van der Waals surface area contributed by atoms with Crippen molar-refractivity contribution in [1.29, 1.82) is 0 Å². The minimum Gasteiger partial charge on any atom is -0.337 e. The van der Waals surface area contributed by atoms with Crippen molar-refractivity contribution in [1.82, 2.24) is 14.8 Å². The number of aromatic nitrogens is 1. The van der Waals surface area contributed by atoms with Crippen molar-refractivity contribution in [3.63, 3.8) is 0 Å². The molecule has 2 aliphatic heterocycles. The summed E-state index contributed by atoms with van der Waals surface area (Å²) in [6.07, 6.45) is 1.47.